The third-order valence-corrected chi connectivity index (χ3v) is 2.14. The normalized spacial score (nSPS) is 8.83. The van der Waals surface area contributed by atoms with E-state index in [1.165, 1.54) is 16.7 Å². The molecule has 0 amide bonds. The Morgan fingerprint density at radius 1 is 1.00 bits per heavy atom. The minimum Gasteiger partial charge on any atom is -0.0840 e. The average molecular weight is 185 g/mol. The summed E-state index contributed by atoms with van der Waals surface area (Å²) in [7, 11) is 0. The Balaban J connectivity index is 0.000000561. The fourth-order valence-electron chi connectivity index (χ4n) is 0.988. The second-order valence-corrected chi connectivity index (χ2v) is 3.10. The predicted molar refractivity (Wildman–Crippen MR) is 57.0 cm³/mol. The molecule has 0 fully saturated rings. The summed E-state index contributed by atoms with van der Waals surface area (Å²) in [6.45, 7) is 10.2. The van der Waals surface area contributed by atoms with Gasteiger partial charge in [0.1, 0.15) is 0 Å². The number of hydrogen-bond acceptors (Lipinski definition) is 0. The summed E-state index contributed by atoms with van der Waals surface area (Å²) in [5, 5.41) is 0.873. The van der Waals surface area contributed by atoms with Crippen molar-refractivity contribution in [2.24, 2.45) is 0 Å². The Hall–Kier alpha value is -0.490. The van der Waals surface area contributed by atoms with Crippen LogP contribution in [0.15, 0.2) is 12.1 Å². The van der Waals surface area contributed by atoms with Crippen LogP contribution in [0.4, 0.5) is 0 Å². The summed E-state index contributed by atoms with van der Waals surface area (Å²) in [6.07, 6.45) is 0. The van der Waals surface area contributed by atoms with Crippen LogP contribution in [0.1, 0.15) is 30.5 Å². The number of halogens is 1. The summed E-state index contributed by atoms with van der Waals surface area (Å²) in [6, 6.07) is 4.13. The number of rotatable bonds is 0. The molecular weight excluding hydrogens is 168 g/mol. The van der Waals surface area contributed by atoms with Crippen molar-refractivity contribution in [2.75, 3.05) is 0 Å². The van der Waals surface area contributed by atoms with E-state index in [0.717, 1.165) is 5.02 Å². The van der Waals surface area contributed by atoms with Crippen LogP contribution in [0.3, 0.4) is 0 Å². The second-order valence-electron chi connectivity index (χ2n) is 2.69. The largest absolute Gasteiger partial charge is 0.0840 e. The summed E-state index contributed by atoms with van der Waals surface area (Å²) in [4.78, 5) is 0. The highest BCUT2D eigenvalue weighted by molar-refractivity contribution is 6.31. The van der Waals surface area contributed by atoms with E-state index >= 15 is 0 Å². The highest BCUT2D eigenvalue weighted by Crippen LogP contribution is 2.19. The highest BCUT2D eigenvalue weighted by atomic mass is 35.5. The quantitative estimate of drug-likeness (QED) is 0.564. The van der Waals surface area contributed by atoms with Crippen molar-refractivity contribution in [1.29, 1.82) is 0 Å². The fourth-order valence-corrected chi connectivity index (χ4v) is 1.31. The molecule has 0 spiro atoms. The molecule has 0 aliphatic rings. The van der Waals surface area contributed by atoms with Crippen LogP contribution >= 0.6 is 11.6 Å². The summed E-state index contributed by atoms with van der Waals surface area (Å²) in [5.41, 5.74) is 3.69. The molecule has 0 saturated heterocycles. The minimum atomic E-state index is 0.873. The zero-order valence-electron chi connectivity index (χ0n) is 8.53. The van der Waals surface area contributed by atoms with Crippen LogP contribution in [-0.4, -0.2) is 0 Å². The fraction of sp³-hybridized carbons (Fsp3) is 0.455. The predicted octanol–water partition coefficient (Wildman–Crippen LogP) is 4.29. The van der Waals surface area contributed by atoms with E-state index in [4.69, 9.17) is 11.6 Å². The molecule has 0 atom stereocenters. The van der Waals surface area contributed by atoms with Gasteiger partial charge in [0.05, 0.1) is 0 Å². The van der Waals surface area contributed by atoms with Crippen molar-refractivity contribution in [3.63, 3.8) is 0 Å². The molecule has 1 heteroatoms. The standard InChI is InChI=1S/C9H11Cl.C2H6/c1-6-4-7(2)8(3)9(10)5-6;1-2/h4-5H,1-3H3;1-2H3. The second kappa shape index (κ2) is 5.21. The molecule has 1 aromatic rings. The molecule has 0 aromatic heterocycles. The van der Waals surface area contributed by atoms with E-state index in [1.54, 1.807) is 0 Å². The monoisotopic (exact) mass is 184 g/mol. The van der Waals surface area contributed by atoms with Crippen LogP contribution < -0.4 is 0 Å². The zero-order valence-corrected chi connectivity index (χ0v) is 9.29. The Morgan fingerprint density at radius 3 is 1.92 bits per heavy atom. The molecule has 0 saturated carbocycles. The summed E-state index contributed by atoms with van der Waals surface area (Å²) >= 11 is 5.92. The Labute approximate surface area is 80.6 Å². The van der Waals surface area contributed by atoms with Gasteiger partial charge in [-0.25, -0.2) is 0 Å². The third-order valence-electron chi connectivity index (χ3n) is 1.75. The van der Waals surface area contributed by atoms with Crippen LogP contribution in [0.5, 0.6) is 0 Å². The highest BCUT2D eigenvalue weighted by Gasteiger charge is 1.97. The van der Waals surface area contributed by atoms with E-state index in [-0.39, 0.29) is 0 Å². The van der Waals surface area contributed by atoms with Crippen molar-refractivity contribution in [3.05, 3.63) is 33.8 Å². The van der Waals surface area contributed by atoms with Gasteiger partial charge in [0.25, 0.3) is 0 Å². The van der Waals surface area contributed by atoms with Crippen molar-refractivity contribution in [3.8, 4) is 0 Å². The first kappa shape index (κ1) is 11.5. The molecule has 68 valence electrons. The molecule has 0 bridgehead atoms. The van der Waals surface area contributed by atoms with Crippen molar-refractivity contribution in [2.45, 2.75) is 34.6 Å². The van der Waals surface area contributed by atoms with Crippen LogP contribution in [0.2, 0.25) is 5.02 Å². The summed E-state index contributed by atoms with van der Waals surface area (Å²) < 4.78 is 0. The topological polar surface area (TPSA) is 0 Å². The lowest BCUT2D eigenvalue weighted by Crippen LogP contribution is -1.83. The van der Waals surface area contributed by atoms with Gasteiger partial charge in [-0.2, -0.15) is 0 Å². The minimum absolute atomic E-state index is 0.873. The first-order valence-electron chi connectivity index (χ1n) is 4.34. The number of aryl methyl sites for hydroxylation is 2. The smallest absolute Gasteiger partial charge is 0.0440 e. The first-order chi connectivity index (χ1) is 5.61. The van der Waals surface area contributed by atoms with Gasteiger partial charge in [0.2, 0.25) is 0 Å². The Bertz CT molecular complexity index is 228. The van der Waals surface area contributed by atoms with Gasteiger partial charge < -0.3 is 0 Å². The Morgan fingerprint density at radius 2 is 1.50 bits per heavy atom. The molecule has 1 aromatic carbocycles. The molecule has 1 rings (SSSR count). The van der Waals surface area contributed by atoms with E-state index in [1.807, 2.05) is 26.8 Å². The van der Waals surface area contributed by atoms with Crippen molar-refractivity contribution >= 4 is 11.6 Å². The van der Waals surface area contributed by atoms with Gasteiger partial charge >= 0.3 is 0 Å². The summed E-state index contributed by atoms with van der Waals surface area (Å²) in [5.74, 6) is 0. The SMILES string of the molecule is CC.Cc1cc(C)c(C)c(Cl)c1. The van der Waals surface area contributed by atoms with Gasteiger partial charge in [-0.05, 0) is 43.5 Å². The average Bonchev–Trinajstić information content (AvgIpc) is 2.04. The van der Waals surface area contributed by atoms with E-state index in [9.17, 15) is 0 Å². The molecular formula is C11H17Cl. The van der Waals surface area contributed by atoms with Gasteiger partial charge in [-0.1, -0.05) is 31.5 Å². The van der Waals surface area contributed by atoms with E-state index in [2.05, 4.69) is 19.9 Å². The van der Waals surface area contributed by atoms with Gasteiger partial charge in [-0.3, -0.25) is 0 Å². The van der Waals surface area contributed by atoms with E-state index in [0.29, 0.717) is 0 Å². The maximum absolute atomic E-state index is 5.92. The number of benzene rings is 1. The van der Waals surface area contributed by atoms with Gasteiger partial charge in [0, 0.05) is 5.02 Å². The maximum Gasteiger partial charge on any atom is 0.0440 e. The lowest BCUT2D eigenvalue weighted by Gasteiger charge is -2.02. The zero-order chi connectivity index (χ0) is 9.72. The van der Waals surface area contributed by atoms with Crippen LogP contribution in [0, 0.1) is 20.8 Å². The third kappa shape index (κ3) is 2.86. The first-order valence-corrected chi connectivity index (χ1v) is 4.72. The number of hydrogen-bond donors (Lipinski definition) is 0. The van der Waals surface area contributed by atoms with Crippen LogP contribution in [-0.2, 0) is 0 Å². The molecule has 12 heavy (non-hydrogen) atoms. The molecule has 0 aliphatic carbocycles. The van der Waals surface area contributed by atoms with Crippen molar-refractivity contribution < 1.29 is 0 Å². The van der Waals surface area contributed by atoms with E-state index < -0.39 is 0 Å². The molecule has 0 unspecified atom stereocenters. The lowest BCUT2D eigenvalue weighted by molar-refractivity contribution is 1.30. The van der Waals surface area contributed by atoms with Gasteiger partial charge in [-0.15, -0.1) is 0 Å². The molecule has 0 radical (unpaired) electrons. The molecule has 0 heterocycles. The molecule has 0 N–H and O–H groups in total. The van der Waals surface area contributed by atoms with Crippen molar-refractivity contribution in [1.82, 2.24) is 0 Å². The van der Waals surface area contributed by atoms with Crippen LogP contribution in [0.25, 0.3) is 0 Å². The molecule has 0 nitrogen and oxygen atoms in total. The van der Waals surface area contributed by atoms with Gasteiger partial charge in [0.15, 0.2) is 0 Å². The Kier molecular flexibility index (Phi) is 5.00. The lowest BCUT2D eigenvalue weighted by atomic mass is 10.1. The molecule has 0 aliphatic heterocycles. The maximum atomic E-state index is 5.92.